The van der Waals surface area contributed by atoms with Gasteiger partial charge in [-0.2, -0.15) is 13.2 Å². The second-order valence-electron chi connectivity index (χ2n) is 5.15. The van der Waals surface area contributed by atoms with Gasteiger partial charge in [-0.15, -0.1) is 0 Å². The molecule has 1 aromatic carbocycles. The number of carboxylic acids is 1. The molecule has 114 valence electrons. The minimum absolute atomic E-state index is 0.215. The third-order valence-corrected chi connectivity index (χ3v) is 3.79. The Morgan fingerprint density at radius 2 is 1.95 bits per heavy atom. The Morgan fingerprint density at radius 1 is 1.33 bits per heavy atom. The number of hydrogen-bond acceptors (Lipinski definition) is 2. The highest BCUT2D eigenvalue weighted by molar-refractivity contribution is 5.77. The molecule has 2 atom stereocenters. The number of aliphatic carboxylic acids is 1. The molecule has 0 saturated carbocycles. The molecule has 2 rings (SSSR count). The summed E-state index contributed by atoms with van der Waals surface area (Å²) in [5.41, 5.74) is -0.00668. The first-order valence-corrected chi connectivity index (χ1v) is 6.39. The van der Waals surface area contributed by atoms with Crippen LogP contribution in [0.4, 0.5) is 13.2 Å². The summed E-state index contributed by atoms with van der Waals surface area (Å²) in [7, 11) is 1.67. The predicted octanol–water partition coefficient (Wildman–Crippen LogP) is 3.42. The van der Waals surface area contributed by atoms with Gasteiger partial charge >= 0.3 is 12.1 Å². The van der Waals surface area contributed by atoms with Crippen molar-refractivity contribution in [3.8, 4) is 0 Å². The Hall–Kier alpha value is -2.05. The first-order chi connectivity index (χ1) is 9.62. The van der Waals surface area contributed by atoms with Crippen LogP contribution in [-0.4, -0.2) is 20.6 Å². The van der Waals surface area contributed by atoms with Gasteiger partial charge in [0.25, 0.3) is 0 Å². The largest absolute Gasteiger partial charge is 0.481 e. The molecule has 7 heteroatoms. The van der Waals surface area contributed by atoms with Crippen LogP contribution in [0.3, 0.4) is 0 Å². The molecular weight excluding hydrogens is 285 g/mol. The fourth-order valence-electron chi connectivity index (χ4n) is 2.24. The van der Waals surface area contributed by atoms with Gasteiger partial charge in [-0.3, -0.25) is 4.79 Å². The van der Waals surface area contributed by atoms with E-state index in [1.165, 1.54) is 6.07 Å². The molecule has 1 aromatic heterocycles. The number of fused-ring (bicyclic) bond motifs is 1. The summed E-state index contributed by atoms with van der Waals surface area (Å²) in [6, 6.07) is 3.34. The number of aryl methyl sites for hydroxylation is 1. The number of alkyl halides is 3. The minimum atomic E-state index is -4.42. The molecule has 2 aromatic rings. The SMILES string of the molecule is CC(C(=O)O)C(C)c1nc2cc(C(F)(F)F)ccc2n1C. The third-order valence-electron chi connectivity index (χ3n) is 3.79. The van der Waals surface area contributed by atoms with Crippen molar-refractivity contribution in [3.05, 3.63) is 29.6 Å². The number of nitrogens with zero attached hydrogens (tertiary/aromatic N) is 2. The summed E-state index contributed by atoms with van der Waals surface area (Å²) in [4.78, 5) is 15.2. The average molecular weight is 300 g/mol. The number of hydrogen-bond donors (Lipinski definition) is 1. The van der Waals surface area contributed by atoms with E-state index in [1.54, 1.807) is 25.5 Å². The Balaban J connectivity index is 2.53. The smallest absolute Gasteiger partial charge is 0.416 e. The van der Waals surface area contributed by atoms with Crippen molar-refractivity contribution in [1.82, 2.24) is 9.55 Å². The molecule has 0 amide bonds. The summed E-state index contributed by atoms with van der Waals surface area (Å²) in [5.74, 6) is -1.60. The average Bonchev–Trinajstić information content (AvgIpc) is 2.73. The van der Waals surface area contributed by atoms with E-state index in [9.17, 15) is 18.0 Å². The summed E-state index contributed by atoms with van der Waals surface area (Å²) in [6.07, 6.45) is -4.42. The number of imidazole rings is 1. The topological polar surface area (TPSA) is 55.1 Å². The molecule has 1 heterocycles. The van der Waals surface area contributed by atoms with Gasteiger partial charge in [0.15, 0.2) is 0 Å². The van der Waals surface area contributed by atoms with Crippen LogP contribution in [0.1, 0.15) is 31.2 Å². The second-order valence-corrected chi connectivity index (χ2v) is 5.15. The van der Waals surface area contributed by atoms with Gasteiger partial charge in [-0.1, -0.05) is 13.8 Å². The highest BCUT2D eigenvalue weighted by Gasteiger charge is 2.31. The van der Waals surface area contributed by atoms with Gasteiger partial charge in [0.1, 0.15) is 5.82 Å². The predicted molar refractivity (Wildman–Crippen MR) is 70.9 cm³/mol. The fourth-order valence-corrected chi connectivity index (χ4v) is 2.24. The van der Waals surface area contributed by atoms with Gasteiger partial charge in [0.05, 0.1) is 22.5 Å². The Kier molecular flexibility index (Phi) is 3.69. The van der Waals surface area contributed by atoms with Crippen molar-refractivity contribution < 1.29 is 23.1 Å². The van der Waals surface area contributed by atoms with Crippen LogP contribution in [0, 0.1) is 5.92 Å². The normalized spacial score (nSPS) is 15.1. The van der Waals surface area contributed by atoms with Crippen molar-refractivity contribution in [1.29, 1.82) is 0 Å². The zero-order valence-corrected chi connectivity index (χ0v) is 11.8. The van der Waals surface area contributed by atoms with E-state index >= 15 is 0 Å². The highest BCUT2D eigenvalue weighted by atomic mass is 19.4. The lowest BCUT2D eigenvalue weighted by molar-refractivity contribution is -0.142. The van der Waals surface area contributed by atoms with Crippen LogP contribution in [0.5, 0.6) is 0 Å². The van der Waals surface area contributed by atoms with E-state index in [1.807, 2.05) is 0 Å². The van der Waals surface area contributed by atoms with Crippen molar-refractivity contribution in [3.63, 3.8) is 0 Å². The molecule has 0 saturated heterocycles. The van der Waals surface area contributed by atoms with Crippen LogP contribution in [0.25, 0.3) is 11.0 Å². The van der Waals surface area contributed by atoms with Gasteiger partial charge in [0, 0.05) is 13.0 Å². The molecular formula is C14H15F3N2O2. The lowest BCUT2D eigenvalue weighted by Crippen LogP contribution is -2.19. The van der Waals surface area contributed by atoms with Crippen molar-refractivity contribution in [2.24, 2.45) is 13.0 Å². The summed E-state index contributed by atoms with van der Waals surface area (Å²) >= 11 is 0. The summed E-state index contributed by atoms with van der Waals surface area (Å²) in [5, 5.41) is 9.04. The van der Waals surface area contributed by atoms with E-state index in [0.29, 0.717) is 11.3 Å². The molecule has 4 nitrogen and oxygen atoms in total. The van der Waals surface area contributed by atoms with Gasteiger partial charge in [-0.05, 0) is 18.2 Å². The van der Waals surface area contributed by atoms with Gasteiger partial charge < -0.3 is 9.67 Å². The second kappa shape index (κ2) is 5.05. The molecule has 0 bridgehead atoms. The number of aromatic nitrogens is 2. The number of benzene rings is 1. The van der Waals surface area contributed by atoms with Crippen LogP contribution in [-0.2, 0) is 18.0 Å². The molecule has 21 heavy (non-hydrogen) atoms. The lowest BCUT2D eigenvalue weighted by Gasteiger charge is -2.15. The standard InChI is InChI=1S/C14H15F3N2O2/c1-7(8(2)13(20)21)12-18-10-6-9(14(15,16)17)4-5-11(10)19(12)3/h4-8H,1-3H3,(H,20,21). The molecule has 0 aliphatic carbocycles. The maximum absolute atomic E-state index is 12.7. The molecule has 0 aliphatic rings. The maximum Gasteiger partial charge on any atom is 0.416 e. The molecule has 0 aliphatic heterocycles. The van der Waals surface area contributed by atoms with Crippen LogP contribution < -0.4 is 0 Å². The van der Waals surface area contributed by atoms with Crippen molar-refractivity contribution >= 4 is 17.0 Å². The van der Waals surface area contributed by atoms with Crippen molar-refractivity contribution in [2.45, 2.75) is 25.9 Å². The van der Waals surface area contributed by atoms with E-state index < -0.39 is 29.5 Å². The Morgan fingerprint density at radius 3 is 2.48 bits per heavy atom. The monoisotopic (exact) mass is 300 g/mol. The third kappa shape index (κ3) is 2.72. The van der Waals surface area contributed by atoms with Gasteiger partial charge in [0.2, 0.25) is 0 Å². The van der Waals surface area contributed by atoms with E-state index in [4.69, 9.17) is 5.11 Å². The fraction of sp³-hybridized carbons (Fsp3) is 0.429. The Bertz CT molecular complexity index is 691. The molecule has 2 unspecified atom stereocenters. The molecule has 0 radical (unpaired) electrons. The van der Waals surface area contributed by atoms with Crippen LogP contribution >= 0.6 is 0 Å². The first kappa shape index (κ1) is 15.3. The Labute approximate surface area is 119 Å². The van der Waals surface area contributed by atoms with Crippen LogP contribution in [0.2, 0.25) is 0 Å². The lowest BCUT2D eigenvalue weighted by atomic mass is 9.95. The quantitative estimate of drug-likeness (QED) is 0.945. The van der Waals surface area contributed by atoms with Crippen molar-refractivity contribution in [2.75, 3.05) is 0 Å². The zero-order chi connectivity index (χ0) is 15.9. The maximum atomic E-state index is 12.7. The number of halogens is 3. The number of carboxylic acid groups (broad SMARTS) is 1. The summed E-state index contributed by atoms with van der Waals surface area (Å²) in [6.45, 7) is 3.25. The molecule has 1 N–H and O–H groups in total. The zero-order valence-electron chi connectivity index (χ0n) is 11.8. The van der Waals surface area contributed by atoms with E-state index in [2.05, 4.69) is 4.98 Å². The number of carbonyl (C=O) groups is 1. The molecule has 0 spiro atoms. The molecule has 0 fully saturated rings. The number of rotatable bonds is 3. The van der Waals surface area contributed by atoms with E-state index in [-0.39, 0.29) is 5.52 Å². The highest BCUT2D eigenvalue weighted by Crippen LogP contribution is 2.33. The van der Waals surface area contributed by atoms with E-state index in [0.717, 1.165) is 12.1 Å². The summed E-state index contributed by atoms with van der Waals surface area (Å²) < 4.78 is 39.7. The minimum Gasteiger partial charge on any atom is -0.481 e. The van der Waals surface area contributed by atoms with Gasteiger partial charge in [-0.25, -0.2) is 4.98 Å². The first-order valence-electron chi connectivity index (χ1n) is 6.39. The van der Waals surface area contributed by atoms with Crippen LogP contribution in [0.15, 0.2) is 18.2 Å².